The van der Waals surface area contributed by atoms with Gasteiger partial charge in [0.1, 0.15) is 5.70 Å². The Hall–Kier alpha value is -7.35. The van der Waals surface area contributed by atoms with Crippen molar-refractivity contribution in [3.8, 4) is 11.1 Å². The van der Waals surface area contributed by atoms with Crippen LogP contribution in [0.3, 0.4) is 0 Å². The lowest BCUT2D eigenvalue weighted by atomic mass is 9.83. The molecule has 0 amide bonds. The van der Waals surface area contributed by atoms with Crippen LogP contribution in [0.5, 0.6) is 0 Å². The van der Waals surface area contributed by atoms with E-state index >= 15 is 0 Å². The molecular formula is C63H55BrN4O2. The number of aliphatic imine (C=N–C) groups is 1. The number of hydrogen-bond donors (Lipinski definition) is 2. The number of halogens is 1. The maximum Gasteiger partial charge on any atom is 0.343 e. The number of nitrogens with zero attached hydrogens (tertiary/aromatic N) is 2. The molecule has 0 saturated carbocycles. The molecule has 0 spiro atoms. The zero-order chi connectivity index (χ0) is 48.9. The number of aromatic nitrogens is 2. The van der Waals surface area contributed by atoms with Gasteiger partial charge in [0.25, 0.3) is 0 Å². The number of hydrogen-bond acceptors (Lipinski definition) is 4. The molecule has 2 aromatic heterocycles. The number of allylic oxidation sites excluding steroid dienone is 2. The third kappa shape index (κ3) is 7.86. The summed E-state index contributed by atoms with van der Waals surface area (Å²) >= 11 is 4.04. The second kappa shape index (κ2) is 16.7. The lowest BCUT2D eigenvalue weighted by Gasteiger charge is -2.21. The van der Waals surface area contributed by atoms with Gasteiger partial charge in [0.2, 0.25) is 0 Å². The number of aromatic amines is 2. The molecule has 8 aromatic rings. The highest BCUT2D eigenvalue weighted by molar-refractivity contribution is 9.10. The number of H-pyrrole nitrogens is 2. The van der Waals surface area contributed by atoms with Crippen molar-refractivity contribution >= 4 is 61.0 Å². The number of fused-ring (bicyclic) bond motifs is 9. The molecule has 0 aliphatic carbocycles. The van der Waals surface area contributed by atoms with E-state index in [9.17, 15) is 4.79 Å². The van der Waals surface area contributed by atoms with Crippen molar-refractivity contribution in [3.05, 3.63) is 240 Å². The van der Waals surface area contributed by atoms with Crippen LogP contribution in [0.1, 0.15) is 117 Å². The molecule has 8 bridgehead atoms. The average molecular weight is 980 g/mol. The van der Waals surface area contributed by atoms with Gasteiger partial charge in [-0.25, -0.2) is 14.8 Å². The summed E-state index contributed by atoms with van der Waals surface area (Å²) in [5.74, 6) is -0.0960. The van der Waals surface area contributed by atoms with Crippen molar-refractivity contribution < 1.29 is 9.53 Å². The van der Waals surface area contributed by atoms with Gasteiger partial charge in [0.05, 0.1) is 39.3 Å². The van der Waals surface area contributed by atoms with E-state index in [0.29, 0.717) is 28.1 Å². The predicted molar refractivity (Wildman–Crippen MR) is 290 cm³/mol. The summed E-state index contributed by atoms with van der Waals surface area (Å²) in [6, 6.07) is 50.5. The molecule has 6 nitrogen and oxygen atoms in total. The molecule has 6 aromatic carbocycles. The molecule has 3 aliphatic rings. The molecule has 3 aliphatic heterocycles. The fraction of sp³-hybridized carbons (Fsp3) is 0.190. The Morgan fingerprint density at radius 3 is 1.76 bits per heavy atom. The Labute approximate surface area is 417 Å². The van der Waals surface area contributed by atoms with Crippen LogP contribution in [0, 0.1) is 10.6 Å². The standard InChI is InChI=1S/C63H55BrN4O2/c1-61(2,3)40-24-20-37(21-25-40)52-46-30-32-48(65-46)53(38-22-26-41(27-23-38)62(4,5)6)56-45(64)35-50(67-56)57-59(70-60(69)39-18-14-11-15-19-39)55-51(36-16-12-10-13-17-36)44-34-42(63(7,8)9)28-29-43(44)54(58(55)68-57)49-33-31-47(52)66-49/h10-35,66-67H,1-9H3. The largest absolute Gasteiger partial charge is 0.420 e. The van der Waals surface area contributed by atoms with Crippen molar-refractivity contribution in [1.29, 1.82) is 0 Å². The molecule has 2 N–H and O–H groups in total. The summed E-state index contributed by atoms with van der Waals surface area (Å²) in [4.78, 5) is 33.5. The summed E-state index contributed by atoms with van der Waals surface area (Å²) in [6.45, 7) is 20.1. The zero-order valence-corrected chi connectivity index (χ0v) is 42.7. The monoisotopic (exact) mass is 978 g/mol. The molecule has 346 valence electrons. The second-order valence-electron chi connectivity index (χ2n) is 21.7. The molecule has 0 radical (unpaired) electrons. The summed E-state index contributed by atoms with van der Waals surface area (Å²) in [5.41, 5.74) is 14.2. The molecule has 0 fully saturated rings. The summed E-state index contributed by atoms with van der Waals surface area (Å²) < 4.78 is 7.62. The second-order valence-corrected chi connectivity index (χ2v) is 22.6. The maximum absolute atomic E-state index is 14.6. The molecule has 0 saturated heterocycles. The Balaban J connectivity index is 1.33. The third-order valence-corrected chi connectivity index (χ3v) is 14.4. The van der Waals surface area contributed by atoms with Crippen LogP contribution < -0.4 is 10.7 Å². The SMILES string of the molecule is CC(C)(C)c1ccc(C2=C3C=CC(=N3)C(c3ccc(C(C)(C)C)cc3)=c3ccc([nH]3)=c3c4c(c(-c5ccccc5)c5cc(C(C)(C)C)ccc35)C(OC(=O)c3ccccc3)=C(N=4)c3cc(Br)c2[nH]3)cc1. The number of nitrogens with one attached hydrogen (secondary N) is 2. The van der Waals surface area contributed by atoms with Crippen LogP contribution in [0.15, 0.2) is 178 Å². The average Bonchev–Trinajstić information content (AvgIpc) is 4.16. The topological polar surface area (TPSA) is 82.6 Å². The summed E-state index contributed by atoms with van der Waals surface area (Å²) in [7, 11) is 0. The van der Waals surface area contributed by atoms with Gasteiger partial charge in [-0.15, -0.1) is 0 Å². The molecule has 5 heterocycles. The van der Waals surface area contributed by atoms with E-state index in [-0.39, 0.29) is 16.2 Å². The first-order chi connectivity index (χ1) is 33.4. The number of esters is 1. The maximum atomic E-state index is 14.6. The molecule has 70 heavy (non-hydrogen) atoms. The van der Waals surface area contributed by atoms with E-state index in [0.717, 1.165) is 87.2 Å². The van der Waals surface area contributed by atoms with Crippen molar-refractivity contribution in [2.24, 2.45) is 9.98 Å². The minimum Gasteiger partial charge on any atom is -0.420 e. The number of ether oxygens (including phenoxy) is 1. The Bertz CT molecular complexity index is 3830. The fourth-order valence-electron chi connectivity index (χ4n) is 9.94. The van der Waals surface area contributed by atoms with Gasteiger partial charge in [-0.05, 0) is 125 Å². The number of rotatable bonds is 5. The van der Waals surface area contributed by atoms with Crippen molar-refractivity contribution in [3.63, 3.8) is 0 Å². The van der Waals surface area contributed by atoms with Gasteiger partial charge in [0, 0.05) is 37.1 Å². The van der Waals surface area contributed by atoms with Crippen molar-refractivity contribution in [2.75, 3.05) is 0 Å². The van der Waals surface area contributed by atoms with E-state index in [1.54, 1.807) is 12.1 Å². The quantitative estimate of drug-likeness (QED) is 0.168. The lowest BCUT2D eigenvalue weighted by Crippen LogP contribution is -2.17. The van der Waals surface area contributed by atoms with Gasteiger partial charge in [-0.3, -0.25) is 0 Å². The minimum atomic E-state index is -0.473. The van der Waals surface area contributed by atoms with Crippen LogP contribution in [0.25, 0.3) is 44.5 Å². The number of benzene rings is 6. The van der Waals surface area contributed by atoms with Gasteiger partial charge < -0.3 is 14.7 Å². The first-order valence-electron chi connectivity index (χ1n) is 24.0. The van der Waals surface area contributed by atoms with Gasteiger partial charge in [-0.2, -0.15) is 0 Å². The van der Waals surface area contributed by atoms with E-state index in [1.807, 2.05) is 24.3 Å². The van der Waals surface area contributed by atoms with Gasteiger partial charge in [-0.1, -0.05) is 172 Å². The van der Waals surface area contributed by atoms with E-state index in [1.165, 1.54) is 16.7 Å². The van der Waals surface area contributed by atoms with Crippen LogP contribution >= 0.6 is 15.9 Å². The molecule has 0 atom stereocenters. The Kier molecular flexibility index (Phi) is 10.7. The van der Waals surface area contributed by atoms with Gasteiger partial charge >= 0.3 is 5.97 Å². The van der Waals surface area contributed by atoms with E-state index < -0.39 is 5.97 Å². The highest BCUT2D eigenvalue weighted by Gasteiger charge is 2.33. The van der Waals surface area contributed by atoms with Crippen LogP contribution in [0.2, 0.25) is 0 Å². The smallest absolute Gasteiger partial charge is 0.343 e. The van der Waals surface area contributed by atoms with E-state index in [4.69, 9.17) is 14.7 Å². The minimum absolute atomic E-state index is 0.0180. The number of carbonyl (C=O) groups is 1. The highest BCUT2D eigenvalue weighted by atomic mass is 79.9. The number of carbonyl (C=O) groups excluding carboxylic acids is 1. The fourth-order valence-corrected chi connectivity index (χ4v) is 10.5. The zero-order valence-electron chi connectivity index (χ0n) is 41.1. The van der Waals surface area contributed by atoms with Crippen molar-refractivity contribution in [1.82, 2.24) is 9.97 Å². The van der Waals surface area contributed by atoms with Crippen LogP contribution in [0.4, 0.5) is 0 Å². The molecule has 0 unspecified atom stereocenters. The lowest BCUT2D eigenvalue weighted by molar-refractivity contribution is 0.0693. The first kappa shape index (κ1) is 45.1. The van der Waals surface area contributed by atoms with Gasteiger partial charge in [0.15, 0.2) is 5.76 Å². The Morgan fingerprint density at radius 1 is 0.543 bits per heavy atom. The normalized spacial score (nSPS) is 14.5. The molecule has 7 heteroatoms. The first-order valence-corrected chi connectivity index (χ1v) is 24.8. The highest BCUT2D eigenvalue weighted by Crippen LogP contribution is 2.44. The van der Waals surface area contributed by atoms with E-state index in [2.05, 4.69) is 210 Å². The molecule has 11 rings (SSSR count). The third-order valence-electron chi connectivity index (χ3n) is 13.8. The molecular weight excluding hydrogens is 925 g/mol. The summed E-state index contributed by atoms with van der Waals surface area (Å²) in [5, 5.41) is 5.46. The summed E-state index contributed by atoms with van der Waals surface area (Å²) in [6.07, 6.45) is 4.26. The predicted octanol–water partition coefficient (Wildman–Crippen LogP) is 14.4. The van der Waals surface area contributed by atoms with Crippen LogP contribution in [-0.2, 0) is 21.0 Å². The Morgan fingerprint density at radius 2 is 1.13 bits per heavy atom. The van der Waals surface area contributed by atoms with Crippen molar-refractivity contribution in [2.45, 2.75) is 78.6 Å². The van der Waals surface area contributed by atoms with Crippen LogP contribution in [-0.4, -0.2) is 21.6 Å².